The van der Waals surface area contributed by atoms with E-state index in [1.165, 1.54) is 23.6 Å². The number of furan rings is 1. The summed E-state index contributed by atoms with van der Waals surface area (Å²) in [7, 11) is 0. The van der Waals surface area contributed by atoms with Gasteiger partial charge in [-0.05, 0) is 23.8 Å². The van der Waals surface area contributed by atoms with Crippen molar-refractivity contribution in [2.75, 3.05) is 5.75 Å². The highest BCUT2D eigenvalue weighted by Crippen LogP contribution is 2.34. The molecule has 1 aromatic carbocycles. The number of imide groups is 1. The quantitative estimate of drug-likeness (QED) is 0.873. The number of urea groups is 1. The molecule has 1 aliphatic rings. The van der Waals surface area contributed by atoms with Crippen LogP contribution in [0.3, 0.4) is 0 Å². The van der Waals surface area contributed by atoms with Crippen LogP contribution in [0.4, 0.5) is 10.5 Å². The van der Waals surface area contributed by atoms with Gasteiger partial charge in [-0.1, -0.05) is 41.7 Å². The molecule has 24 heavy (non-hydrogen) atoms. The Kier molecular flexibility index (Phi) is 5.60. The van der Waals surface area contributed by atoms with Crippen molar-refractivity contribution in [3.63, 3.8) is 0 Å². The first-order valence-corrected chi connectivity index (χ1v) is 9.20. The van der Waals surface area contributed by atoms with E-state index in [0.717, 1.165) is 15.8 Å². The predicted molar refractivity (Wildman–Crippen MR) is 96.4 cm³/mol. The normalized spacial score (nSPS) is 12.9. The SMILES string of the molecule is O=C(CSC1=Nc2ccccc2CS1)NC(=O)NCc1ccco1. The number of rotatable bonds is 4. The maximum atomic E-state index is 11.8. The largest absolute Gasteiger partial charge is 0.467 e. The number of amides is 3. The Balaban J connectivity index is 1.43. The van der Waals surface area contributed by atoms with Gasteiger partial charge in [-0.3, -0.25) is 10.1 Å². The minimum absolute atomic E-state index is 0.141. The maximum Gasteiger partial charge on any atom is 0.321 e. The minimum Gasteiger partial charge on any atom is -0.467 e. The van der Waals surface area contributed by atoms with Gasteiger partial charge in [0, 0.05) is 5.75 Å². The molecule has 0 fully saturated rings. The van der Waals surface area contributed by atoms with Gasteiger partial charge in [0.25, 0.3) is 0 Å². The molecule has 0 spiro atoms. The van der Waals surface area contributed by atoms with Gasteiger partial charge in [0.2, 0.25) is 5.91 Å². The van der Waals surface area contributed by atoms with E-state index in [1.807, 2.05) is 24.3 Å². The van der Waals surface area contributed by atoms with Crippen molar-refractivity contribution in [3.05, 3.63) is 54.0 Å². The number of nitrogens with zero attached hydrogens (tertiary/aromatic N) is 1. The molecule has 0 radical (unpaired) electrons. The third-order valence-corrected chi connectivity index (χ3v) is 5.38. The molecule has 2 N–H and O–H groups in total. The lowest BCUT2D eigenvalue weighted by Crippen LogP contribution is -2.40. The van der Waals surface area contributed by atoms with Crippen molar-refractivity contribution < 1.29 is 14.0 Å². The summed E-state index contributed by atoms with van der Waals surface area (Å²) in [5, 5.41) is 4.84. The molecule has 3 amide bonds. The van der Waals surface area contributed by atoms with Crippen LogP contribution in [-0.4, -0.2) is 22.1 Å². The monoisotopic (exact) mass is 361 g/mol. The summed E-state index contributed by atoms with van der Waals surface area (Å²) in [4.78, 5) is 28.0. The Bertz CT molecular complexity index is 760. The first-order valence-electron chi connectivity index (χ1n) is 7.23. The standard InChI is InChI=1S/C16H15N3O3S2/c20-14(19-15(21)17-8-12-5-3-7-22-12)10-24-16-18-13-6-2-1-4-11(13)9-23-16/h1-7H,8-10H2,(H2,17,19,20,21). The highest BCUT2D eigenvalue weighted by molar-refractivity contribution is 8.38. The number of hydrogen-bond acceptors (Lipinski definition) is 6. The van der Waals surface area contributed by atoms with Crippen LogP contribution in [0.5, 0.6) is 0 Å². The maximum absolute atomic E-state index is 11.8. The van der Waals surface area contributed by atoms with Crippen LogP contribution >= 0.6 is 23.5 Å². The van der Waals surface area contributed by atoms with Gasteiger partial charge < -0.3 is 9.73 Å². The second kappa shape index (κ2) is 8.07. The van der Waals surface area contributed by atoms with Gasteiger partial charge in [-0.15, -0.1) is 0 Å². The van der Waals surface area contributed by atoms with Gasteiger partial charge in [-0.25, -0.2) is 9.79 Å². The van der Waals surface area contributed by atoms with Crippen LogP contribution in [0.2, 0.25) is 0 Å². The molecule has 0 atom stereocenters. The molecule has 0 unspecified atom stereocenters. The van der Waals surface area contributed by atoms with Crippen molar-refractivity contribution >= 4 is 45.5 Å². The average molecular weight is 361 g/mol. The smallest absolute Gasteiger partial charge is 0.321 e. The van der Waals surface area contributed by atoms with E-state index >= 15 is 0 Å². The molecule has 0 bridgehead atoms. The van der Waals surface area contributed by atoms with E-state index in [4.69, 9.17) is 4.42 Å². The second-order valence-electron chi connectivity index (χ2n) is 4.89. The summed E-state index contributed by atoms with van der Waals surface area (Å²) in [5.74, 6) is 1.24. The zero-order valence-electron chi connectivity index (χ0n) is 12.7. The first kappa shape index (κ1) is 16.7. The molecule has 1 aliphatic heterocycles. The third kappa shape index (κ3) is 4.65. The molecule has 6 nitrogen and oxygen atoms in total. The molecule has 2 aromatic rings. The molecule has 124 valence electrons. The second-order valence-corrected chi connectivity index (χ2v) is 7.08. The molecule has 0 saturated carbocycles. The molecule has 3 rings (SSSR count). The van der Waals surface area contributed by atoms with Crippen LogP contribution < -0.4 is 10.6 Å². The topological polar surface area (TPSA) is 83.7 Å². The number of nitrogens with one attached hydrogen (secondary N) is 2. The Morgan fingerprint density at radius 3 is 2.96 bits per heavy atom. The summed E-state index contributed by atoms with van der Waals surface area (Å²) in [6, 6.07) is 10.9. The number of para-hydroxylation sites is 1. The Morgan fingerprint density at radius 1 is 1.25 bits per heavy atom. The van der Waals surface area contributed by atoms with Gasteiger partial charge in [-0.2, -0.15) is 0 Å². The number of aliphatic imine (C=N–C) groups is 1. The summed E-state index contributed by atoms with van der Waals surface area (Å²) < 4.78 is 5.93. The Morgan fingerprint density at radius 2 is 2.12 bits per heavy atom. The highest BCUT2D eigenvalue weighted by atomic mass is 32.2. The van der Waals surface area contributed by atoms with E-state index in [2.05, 4.69) is 15.6 Å². The highest BCUT2D eigenvalue weighted by Gasteiger charge is 2.15. The van der Waals surface area contributed by atoms with Gasteiger partial charge in [0.05, 0.1) is 24.2 Å². The van der Waals surface area contributed by atoms with Crippen LogP contribution in [0.1, 0.15) is 11.3 Å². The molecule has 1 aromatic heterocycles. The van der Waals surface area contributed by atoms with Crippen molar-refractivity contribution in [1.82, 2.24) is 10.6 Å². The molecule has 0 saturated heterocycles. The lowest BCUT2D eigenvalue weighted by Gasteiger charge is -2.13. The van der Waals surface area contributed by atoms with E-state index in [0.29, 0.717) is 5.76 Å². The first-order chi connectivity index (χ1) is 11.7. The predicted octanol–water partition coefficient (Wildman–Crippen LogP) is 3.27. The fourth-order valence-electron chi connectivity index (χ4n) is 2.00. The van der Waals surface area contributed by atoms with Crippen LogP contribution in [0.15, 0.2) is 52.1 Å². The summed E-state index contributed by atoms with van der Waals surface area (Å²) in [6.07, 6.45) is 1.53. The van der Waals surface area contributed by atoms with E-state index < -0.39 is 6.03 Å². The summed E-state index contributed by atoms with van der Waals surface area (Å²) in [5.41, 5.74) is 2.13. The molecule has 0 aliphatic carbocycles. The van der Waals surface area contributed by atoms with Crippen molar-refractivity contribution in [2.45, 2.75) is 12.3 Å². The average Bonchev–Trinajstić information content (AvgIpc) is 3.11. The van der Waals surface area contributed by atoms with Crippen LogP contribution in [-0.2, 0) is 17.1 Å². The van der Waals surface area contributed by atoms with Gasteiger partial charge in [0.1, 0.15) is 10.1 Å². The lowest BCUT2D eigenvalue weighted by molar-refractivity contribution is -0.117. The van der Waals surface area contributed by atoms with E-state index in [-0.39, 0.29) is 18.2 Å². The number of hydrogen-bond donors (Lipinski definition) is 2. The number of fused-ring (bicyclic) bond motifs is 1. The van der Waals surface area contributed by atoms with Crippen molar-refractivity contribution in [1.29, 1.82) is 0 Å². The Hall–Kier alpha value is -2.19. The minimum atomic E-state index is -0.541. The number of thioether (sulfide) groups is 2. The Labute approximate surface area is 147 Å². The summed E-state index contributed by atoms with van der Waals surface area (Å²) >= 11 is 2.92. The molecular weight excluding hydrogens is 346 g/mol. The molecular formula is C16H15N3O3S2. The number of carbonyl (C=O) groups is 2. The van der Waals surface area contributed by atoms with Gasteiger partial charge >= 0.3 is 6.03 Å². The molecule has 2 heterocycles. The fraction of sp³-hybridized carbons (Fsp3) is 0.188. The fourth-order valence-corrected chi connectivity index (χ4v) is 3.86. The third-order valence-electron chi connectivity index (χ3n) is 3.14. The van der Waals surface area contributed by atoms with Crippen molar-refractivity contribution in [3.8, 4) is 0 Å². The van der Waals surface area contributed by atoms with Crippen molar-refractivity contribution in [2.24, 2.45) is 4.99 Å². The number of benzene rings is 1. The summed E-state index contributed by atoms with van der Waals surface area (Å²) in [6.45, 7) is 0.235. The van der Waals surface area contributed by atoms with E-state index in [1.54, 1.807) is 23.9 Å². The lowest BCUT2D eigenvalue weighted by atomic mass is 10.2. The number of carbonyl (C=O) groups excluding carboxylic acids is 2. The van der Waals surface area contributed by atoms with Crippen LogP contribution in [0, 0.1) is 0 Å². The van der Waals surface area contributed by atoms with Crippen LogP contribution in [0.25, 0.3) is 0 Å². The van der Waals surface area contributed by atoms with E-state index in [9.17, 15) is 9.59 Å². The molecule has 8 heteroatoms. The zero-order valence-corrected chi connectivity index (χ0v) is 14.3. The van der Waals surface area contributed by atoms with Gasteiger partial charge in [0.15, 0.2) is 0 Å². The zero-order chi connectivity index (χ0) is 16.8.